The van der Waals surface area contributed by atoms with Gasteiger partial charge in [0.2, 0.25) is 5.91 Å². The summed E-state index contributed by atoms with van der Waals surface area (Å²) in [5.74, 6) is 0.959. The summed E-state index contributed by atoms with van der Waals surface area (Å²) in [6.45, 7) is 3.22. The molecule has 30 heavy (non-hydrogen) atoms. The number of ether oxygens (including phenoxy) is 2. The Morgan fingerprint density at radius 2 is 2.17 bits per heavy atom. The van der Waals surface area contributed by atoms with E-state index < -0.39 is 0 Å². The summed E-state index contributed by atoms with van der Waals surface area (Å²) in [6.07, 6.45) is 2.68. The molecule has 0 aliphatic carbocycles. The van der Waals surface area contributed by atoms with Crippen molar-refractivity contribution in [2.45, 2.75) is 38.7 Å². The van der Waals surface area contributed by atoms with Gasteiger partial charge in [0, 0.05) is 19.4 Å². The second kappa shape index (κ2) is 9.09. The van der Waals surface area contributed by atoms with Crippen molar-refractivity contribution in [3.63, 3.8) is 0 Å². The number of para-hydroxylation sites is 1. The van der Waals surface area contributed by atoms with Crippen molar-refractivity contribution in [1.82, 2.24) is 9.97 Å². The van der Waals surface area contributed by atoms with Gasteiger partial charge in [0.15, 0.2) is 0 Å². The van der Waals surface area contributed by atoms with E-state index in [0.29, 0.717) is 41.2 Å². The van der Waals surface area contributed by atoms with Crippen LogP contribution in [-0.4, -0.2) is 35.2 Å². The number of nitrogens with zero attached hydrogens (tertiary/aromatic N) is 1. The molecule has 0 bridgehead atoms. The first-order valence-electron chi connectivity index (χ1n) is 10.2. The molecule has 0 spiro atoms. The molecule has 1 fully saturated rings. The zero-order chi connectivity index (χ0) is 20.9. The van der Waals surface area contributed by atoms with Crippen LogP contribution in [0, 0.1) is 6.92 Å². The molecule has 3 aromatic rings. The first kappa shape index (κ1) is 20.1. The van der Waals surface area contributed by atoms with E-state index >= 15 is 0 Å². The highest BCUT2D eigenvalue weighted by Crippen LogP contribution is 2.27. The predicted octanol–water partition coefficient (Wildman–Crippen LogP) is 3.36. The van der Waals surface area contributed by atoms with E-state index in [-0.39, 0.29) is 24.0 Å². The van der Waals surface area contributed by atoms with Gasteiger partial charge in [-0.3, -0.25) is 9.59 Å². The van der Waals surface area contributed by atoms with E-state index in [4.69, 9.17) is 9.47 Å². The van der Waals surface area contributed by atoms with Crippen LogP contribution >= 0.6 is 0 Å². The van der Waals surface area contributed by atoms with Crippen LogP contribution in [-0.2, 0) is 16.0 Å². The number of fused-ring (bicyclic) bond motifs is 1. The second-order valence-corrected chi connectivity index (χ2v) is 7.52. The lowest BCUT2D eigenvalue weighted by atomic mass is 10.2. The quantitative estimate of drug-likeness (QED) is 0.626. The summed E-state index contributed by atoms with van der Waals surface area (Å²) in [7, 11) is 0. The highest BCUT2D eigenvalue weighted by atomic mass is 16.5. The van der Waals surface area contributed by atoms with E-state index in [1.807, 2.05) is 31.2 Å². The fraction of sp³-hybridized carbons (Fsp3) is 0.348. The van der Waals surface area contributed by atoms with E-state index in [9.17, 15) is 9.59 Å². The minimum absolute atomic E-state index is 0.102. The monoisotopic (exact) mass is 407 g/mol. The maximum Gasteiger partial charge on any atom is 0.258 e. The van der Waals surface area contributed by atoms with E-state index in [2.05, 4.69) is 15.3 Å². The summed E-state index contributed by atoms with van der Waals surface area (Å²) >= 11 is 0. The molecule has 1 amide bonds. The maximum absolute atomic E-state index is 12.5. The first-order chi connectivity index (χ1) is 14.6. The Morgan fingerprint density at radius 3 is 3.00 bits per heavy atom. The number of aryl methyl sites for hydroxylation is 2. The molecule has 1 aromatic heterocycles. The molecule has 156 valence electrons. The van der Waals surface area contributed by atoms with Crippen LogP contribution in [0.15, 0.2) is 47.3 Å². The van der Waals surface area contributed by atoms with Crippen LogP contribution in [0.25, 0.3) is 10.9 Å². The number of nitrogens with one attached hydrogen (secondary N) is 2. The summed E-state index contributed by atoms with van der Waals surface area (Å²) in [6, 6.07) is 12.8. The molecular formula is C23H25N3O4. The molecule has 0 saturated carbocycles. The zero-order valence-electron chi connectivity index (χ0n) is 16.9. The summed E-state index contributed by atoms with van der Waals surface area (Å²) in [5.41, 5.74) is 2.11. The van der Waals surface area contributed by atoms with Gasteiger partial charge in [0.1, 0.15) is 18.2 Å². The van der Waals surface area contributed by atoms with Crippen molar-refractivity contribution in [1.29, 1.82) is 0 Å². The summed E-state index contributed by atoms with van der Waals surface area (Å²) < 4.78 is 11.5. The number of hydrogen-bond acceptors (Lipinski definition) is 5. The SMILES string of the molecule is Cc1ccc(NC(=O)CCc2nc3ccccc3c(=O)[nH]2)c(OCC2CCCO2)c1. The third-order valence-corrected chi connectivity index (χ3v) is 5.11. The third-order valence-electron chi connectivity index (χ3n) is 5.11. The van der Waals surface area contributed by atoms with Crippen molar-refractivity contribution in [2.75, 3.05) is 18.5 Å². The molecule has 1 aliphatic rings. The second-order valence-electron chi connectivity index (χ2n) is 7.52. The normalized spacial score (nSPS) is 16.0. The molecule has 2 heterocycles. The number of aromatic nitrogens is 2. The van der Waals surface area contributed by atoms with E-state index in [1.54, 1.807) is 18.2 Å². The molecule has 1 unspecified atom stereocenters. The number of benzene rings is 2. The van der Waals surface area contributed by atoms with Gasteiger partial charge in [0.05, 0.1) is 22.7 Å². The summed E-state index contributed by atoms with van der Waals surface area (Å²) in [5, 5.41) is 3.45. The Balaban J connectivity index is 1.39. The van der Waals surface area contributed by atoms with E-state index in [0.717, 1.165) is 25.0 Å². The maximum atomic E-state index is 12.5. The van der Waals surface area contributed by atoms with Crippen molar-refractivity contribution in [2.24, 2.45) is 0 Å². The molecule has 1 atom stereocenters. The van der Waals surface area contributed by atoms with Gasteiger partial charge in [-0.05, 0) is 49.6 Å². The number of H-pyrrole nitrogens is 1. The fourth-order valence-electron chi connectivity index (χ4n) is 3.51. The van der Waals surface area contributed by atoms with Crippen molar-refractivity contribution < 1.29 is 14.3 Å². The van der Waals surface area contributed by atoms with Crippen molar-refractivity contribution in [3.8, 4) is 5.75 Å². The molecule has 1 aliphatic heterocycles. The minimum atomic E-state index is -0.195. The number of hydrogen-bond donors (Lipinski definition) is 2. The Labute approximate surface area is 174 Å². The lowest BCUT2D eigenvalue weighted by molar-refractivity contribution is -0.116. The number of rotatable bonds is 7. The molecular weight excluding hydrogens is 382 g/mol. The topological polar surface area (TPSA) is 93.3 Å². The number of anilines is 1. The smallest absolute Gasteiger partial charge is 0.258 e. The molecule has 2 aromatic carbocycles. The standard InChI is InChI=1S/C23H25N3O4/c1-15-8-9-19(20(13-15)30-14-16-5-4-12-29-16)25-22(27)11-10-21-24-18-7-3-2-6-17(18)23(28)26-21/h2-3,6-9,13,16H,4-5,10-12,14H2,1H3,(H,25,27)(H,24,26,28). The lowest BCUT2D eigenvalue weighted by Crippen LogP contribution is -2.19. The number of amides is 1. The zero-order valence-corrected chi connectivity index (χ0v) is 16.9. The number of carbonyl (C=O) groups excluding carboxylic acids is 1. The van der Waals surface area contributed by atoms with Gasteiger partial charge >= 0.3 is 0 Å². The number of carbonyl (C=O) groups is 1. The van der Waals surface area contributed by atoms with E-state index in [1.165, 1.54) is 0 Å². The van der Waals surface area contributed by atoms with Crippen LogP contribution < -0.4 is 15.6 Å². The molecule has 7 nitrogen and oxygen atoms in total. The Morgan fingerprint density at radius 1 is 1.30 bits per heavy atom. The molecule has 1 saturated heterocycles. The predicted molar refractivity (Wildman–Crippen MR) is 115 cm³/mol. The number of aromatic amines is 1. The Kier molecular flexibility index (Phi) is 6.09. The van der Waals surface area contributed by atoms with Gasteiger partial charge < -0.3 is 19.8 Å². The average Bonchev–Trinajstić information content (AvgIpc) is 3.26. The minimum Gasteiger partial charge on any atom is -0.489 e. The molecule has 4 rings (SSSR count). The van der Waals surface area contributed by atoms with Gasteiger partial charge in [-0.1, -0.05) is 18.2 Å². The van der Waals surface area contributed by atoms with Crippen molar-refractivity contribution in [3.05, 3.63) is 64.2 Å². The van der Waals surface area contributed by atoms with Crippen LogP contribution in [0.3, 0.4) is 0 Å². The molecule has 2 N–H and O–H groups in total. The largest absolute Gasteiger partial charge is 0.489 e. The van der Waals surface area contributed by atoms with Gasteiger partial charge in [0.25, 0.3) is 5.56 Å². The van der Waals surface area contributed by atoms with Gasteiger partial charge in [-0.25, -0.2) is 4.98 Å². The molecule has 7 heteroatoms. The first-order valence-corrected chi connectivity index (χ1v) is 10.2. The highest BCUT2D eigenvalue weighted by Gasteiger charge is 2.17. The van der Waals surface area contributed by atoms with Crippen LogP contribution in [0.2, 0.25) is 0 Å². The van der Waals surface area contributed by atoms with Crippen LogP contribution in [0.4, 0.5) is 5.69 Å². The average molecular weight is 407 g/mol. The lowest BCUT2D eigenvalue weighted by Gasteiger charge is -2.16. The van der Waals surface area contributed by atoms with Crippen molar-refractivity contribution >= 4 is 22.5 Å². The van der Waals surface area contributed by atoms with Gasteiger partial charge in [-0.2, -0.15) is 0 Å². The third kappa shape index (κ3) is 4.86. The summed E-state index contributed by atoms with van der Waals surface area (Å²) in [4.78, 5) is 31.9. The van der Waals surface area contributed by atoms with Gasteiger partial charge in [-0.15, -0.1) is 0 Å². The highest BCUT2D eigenvalue weighted by molar-refractivity contribution is 5.92. The Hall–Kier alpha value is -3.19. The Bertz CT molecular complexity index is 1100. The van der Waals surface area contributed by atoms with Crippen LogP contribution in [0.5, 0.6) is 5.75 Å². The van der Waals surface area contributed by atoms with Crippen LogP contribution in [0.1, 0.15) is 30.7 Å². The molecule has 0 radical (unpaired) electrons. The fourth-order valence-corrected chi connectivity index (χ4v) is 3.51.